The highest BCUT2D eigenvalue weighted by molar-refractivity contribution is 5.70. The van der Waals surface area contributed by atoms with Gasteiger partial charge in [0.05, 0.1) is 12.1 Å². The second kappa shape index (κ2) is 5.02. The molecule has 1 saturated carbocycles. The van der Waals surface area contributed by atoms with Crippen LogP contribution in [0, 0.1) is 0 Å². The molecular weight excluding hydrogens is 218 g/mol. The third kappa shape index (κ3) is 3.17. The Kier molecular flexibility index (Phi) is 3.64. The summed E-state index contributed by atoms with van der Waals surface area (Å²) < 4.78 is 5.31. The molecule has 4 nitrogen and oxygen atoms in total. The molecule has 0 spiro atoms. The molecule has 0 aromatic carbocycles. The van der Waals surface area contributed by atoms with Crippen molar-refractivity contribution >= 4 is 6.29 Å². The Morgan fingerprint density at radius 1 is 1.47 bits per heavy atom. The first kappa shape index (κ1) is 12.3. The minimum atomic E-state index is -0.533. The Hall–Kier alpha value is -1.13. The van der Waals surface area contributed by atoms with Crippen molar-refractivity contribution in [2.24, 2.45) is 0 Å². The first-order chi connectivity index (χ1) is 8.11. The number of likely N-dealkylation sites (N-methyl/N-ethyl adjacent to an activating group) is 1. The van der Waals surface area contributed by atoms with E-state index in [0.29, 0.717) is 25.1 Å². The molecule has 0 aliphatic heterocycles. The maximum absolute atomic E-state index is 10.5. The molecule has 1 heterocycles. The molecule has 1 N–H and O–H groups in total. The lowest BCUT2D eigenvalue weighted by atomic mass is 10.0. The molecule has 0 bridgehead atoms. The van der Waals surface area contributed by atoms with Crippen molar-refractivity contribution in [3.8, 4) is 0 Å². The Balaban J connectivity index is 1.88. The van der Waals surface area contributed by atoms with Gasteiger partial charge in [-0.05, 0) is 32.0 Å². The Bertz CT molecular complexity index is 380. The van der Waals surface area contributed by atoms with Crippen LogP contribution in [0.2, 0.25) is 0 Å². The van der Waals surface area contributed by atoms with Gasteiger partial charge in [0.25, 0.3) is 0 Å². The van der Waals surface area contributed by atoms with Crippen LogP contribution in [-0.4, -0.2) is 35.5 Å². The topological polar surface area (TPSA) is 53.7 Å². The zero-order chi connectivity index (χ0) is 12.3. The summed E-state index contributed by atoms with van der Waals surface area (Å²) >= 11 is 0. The van der Waals surface area contributed by atoms with E-state index in [-0.39, 0.29) is 0 Å². The number of aldehydes is 1. The molecule has 1 aliphatic carbocycles. The van der Waals surface area contributed by atoms with Gasteiger partial charge < -0.3 is 9.52 Å². The highest BCUT2D eigenvalue weighted by Crippen LogP contribution is 2.30. The van der Waals surface area contributed by atoms with Gasteiger partial charge in [0.2, 0.25) is 0 Å². The van der Waals surface area contributed by atoms with Gasteiger partial charge >= 0.3 is 0 Å². The van der Waals surface area contributed by atoms with Crippen LogP contribution in [0.4, 0.5) is 0 Å². The van der Waals surface area contributed by atoms with Crippen LogP contribution in [0.25, 0.3) is 0 Å². The SMILES string of the molecule is CN(Cc1ccc(C=O)o1)CC1(O)CCCC1. The number of aliphatic hydroxyl groups is 1. The van der Waals surface area contributed by atoms with Crippen molar-refractivity contribution in [2.75, 3.05) is 13.6 Å². The smallest absolute Gasteiger partial charge is 0.185 e. The van der Waals surface area contributed by atoms with E-state index in [1.807, 2.05) is 11.9 Å². The fraction of sp³-hybridized carbons (Fsp3) is 0.615. The van der Waals surface area contributed by atoms with Crippen LogP contribution < -0.4 is 0 Å². The minimum Gasteiger partial charge on any atom is -0.457 e. The molecule has 0 atom stereocenters. The molecule has 0 radical (unpaired) electrons. The first-order valence-corrected chi connectivity index (χ1v) is 6.06. The monoisotopic (exact) mass is 237 g/mol. The maximum atomic E-state index is 10.5. The Morgan fingerprint density at radius 2 is 2.18 bits per heavy atom. The molecule has 0 unspecified atom stereocenters. The lowest BCUT2D eigenvalue weighted by Gasteiger charge is -2.27. The van der Waals surface area contributed by atoms with Crippen LogP contribution >= 0.6 is 0 Å². The average molecular weight is 237 g/mol. The van der Waals surface area contributed by atoms with Gasteiger partial charge in [-0.15, -0.1) is 0 Å². The van der Waals surface area contributed by atoms with Gasteiger partial charge in [-0.3, -0.25) is 9.69 Å². The van der Waals surface area contributed by atoms with E-state index in [2.05, 4.69) is 0 Å². The predicted octanol–water partition coefficient (Wildman–Crippen LogP) is 1.83. The highest BCUT2D eigenvalue weighted by Gasteiger charge is 2.32. The second-order valence-electron chi connectivity index (χ2n) is 5.03. The number of nitrogens with zero attached hydrogens (tertiary/aromatic N) is 1. The largest absolute Gasteiger partial charge is 0.457 e. The van der Waals surface area contributed by atoms with Crippen molar-refractivity contribution in [3.63, 3.8) is 0 Å². The van der Waals surface area contributed by atoms with E-state index in [1.165, 1.54) is 0 Å². The zero-order valence-electron chi connectivity index (χ0n) is 10.2. The second-order valence-corrected chi connectivity index (χ2v) is 5.03. The van der Waals surface area contributed by atoms with Crippen LogP contribution in [0.5, 0.6) is 0 Å². The lowest BCUT2D eigenvalue weighted by molar-refractivity contribution is 0.0131. The summed E-state index contributed by atoms with van der Waals surface area (Å²) in [5.74, 6) is 1.11. The standard InChI is InChI=1S/C13H19NO3/c1-14(10-13(16)6-2-3-7-13)8-11-4-5-12(9-15)17-11/h4-5,9,16H,2-3,6-8,10H2,1H3. The van der Waals surface area contributed by atoms with Gasteiger partial charge in [-0.1, -0.05) is 12.8 Å². The molecule has 1 aromatic rings. The summed E-state index contributed by atoms with van der Waals surface area (Å²) in [5, 5.41) is 10.3. The van der Waals surface area contributed by atoms with Crippen molar-refractivity contribution in [1.29, 1.82) is 0 Å². The molecule has 2 rings (SSSR count). The average Bonchev–Trinajstić information content (AvgIpc) is 2.87. The first-order valence-electron chi connectivity index (χ1n) is 6.06. The Labute approximate surface area is 101 Å². The van der Waals surface area contributed by atoms with Crippen LogP contribution in [0.15, 0.2) is 16.5 Å². The third-order valence-electron chi connectivity index (χ3n) is 3.32. The summed E-state index contributed by atoms with van der Waals surface area (Å²) in [6.45, 7) is 1.28. The predicted molar refractivity (Wildman–Crippen MR) is 63.8 cm³/mol. The van der Waals surface area contributed by atoms with Crippen molar-refractivity contribution in [2.45, 2.75) is 37.8 Å². The van der Waals surface area contributed by atoms with Gasteiger partial charge in [0, 0.05) is 6.54 Å². The van der Waals surface area contributed by atoms with Gasteiger partial charge in [0.15, 0.2) is 12.0 Å². The number of furan rings is 1. The number of carbonyl (C=O) groups is 1. The van der Waals surface area contributed by atoms with Crippen LogP contribution in [0.1, 0.15) is 42.0 Å². The van der Waals surface area contributed by atoms with E-state index >= 15 is 0 Å². The number of rotatable bonds is 5. The highest BCUT2D eigenvalue weighted by atomic mass is 16.3. The van der Waals surface area contributed by atoms with Crippen molar-refractivity contribution in [1.82, 2.24) is 4.90 Å². The third-order valence-corrected chi connectivity index (χ3v) is 3.32. The molecular formula is C13H19NO3. The zero-order valence-corrected chi connectivity index (χ0v) is 10.2. The maximum Gasteiger partial charge on any atom is 0.185 e. The fourth-order valence-corrected chi connectivity index (χ4v) is 2.56. The van der Waals surface area contributed by atoms with E-state index in [0.717, 1.165) is 31.4 Å². The summed E-state index contributed by atoms with van der Waals surface area (Å²) in [7, 11) is 1.96. The van der Waals surface area contributed by atoms with Crippen molar-refractivity contribution in [3.05, 3.63) is 23.7 Å². The van der Waals surface area contributed by atoms with Gasteiger partial charge in [-0.25, -0.2) is 0 Å². The fourth-order valence-electron chi connectivity index (χ4n) is 2.56. The van der Waals surface area contributed by atoms with Crippen LogP contribution in [-0.2, 0) is 6.54 Å². The summed E-state index contributed by atoms with van der Waals surface area (Å²) in [5.41, 5.74) is -0.533. The normalized spacial score (nSPS) is 18.8. The summed E-state index contributed by atoms with van der Waals surface area (Å²) in [4.78, 5) is 12.5. The van der Waals surface area contributed by atoms with E-state index in [9.17, 15) is 9.90 Å². The molecule has 17 heavy (non-hydrogen) atoms. The molecule has 1 fully saturated rings. The van der Waals surface area contributed by atoms with Gasteiger partial charge in [0.1, 0.15) is 5.76 Å². The summed E-state index contributed by atoms with van der Waals surface area (Å²) in [6, 6.07) is 3.47. The Morgan fingerprint density at radius 3 is 2.76 bits per heavy atom. The molecule has 0 amide bonds. The number of hydrogen-bond acceptors (Lipinski definition) is 4. The molecule has 4 heteroatoms. The minimum absolute atomic E-state index is 0.355. The number of carbonyl (C=O) groups excluding carboxylic acids is 1. The van der Waals surface area contributed by atoms with E-state index in [4.69, 9.17) is 4.42 Å². The van der Waals surface area contributed by atoms with E-state index < -0.39 is 5.60 Å². The van der Waals surface area contributed by atoms with Crippen molar-refractivity contribution < 1.29 is 14.3 Å². The lowest BCUT2D eigenvalue weighted by Crippen LogP contribution is -2.38. The molecule has 94 valence electrons. The van der Waals surface area contributed by atoms with Gasteiger partial charge in [-0.2, -0.15) is 0 Å². The molecule has 1 aliphatic rings. The summed E-state index contributed by atoms with van der Waals surface area (Å²) in [6.07, 6.45) is 4.69. The quantitative estimate of drug-likeness (QED) is 0.794. The number of hydrogen-bond donors (Lipinski definition) is 1. The molecule has 0 saturated heterocycles. The molecule has 1 aromatic heterocycles. The van der Waals surface area contributed by atoms with E-state index in [1.54, 1.807) is 12.1 Å². The van der Waals surface area contributed by atoms with Crippen LogP contribution in [0.3, 0.4) is 0 Å².